The Kier molecular flexibility index (Phi) is 7.09. The molecule has 0 radical (unpaired) electrons. The summed E-state index contributed by atoms with van der Waals surface area (Å²) in [7, 11) is 1.56. The van der Waals surface area contributed by atoms with Crippen LogP contribution in [0.5, 0.6) is 5.75 Å². The van der Waals surface area contributed by atoms with Gasteiger partial charge in [-0.15, -0.1) is 10.2 Å². The summed E-state index contributed by atoms with van der Waals surface area (Å²) in [5.74, 6) is 1.37. The van der Waals surface area contributed by atoms with E-state index < -0.39 is 0 Å². The van der Waals surface area contributed by atoms with Gasteiger partial charge in [-0.1, -0.05) is 41.6 Å². The Labute approximate surface area is 180 Å². The molecule has 3 rings (SSSR count). The summed E-state index contributed by atoms with van der Waals surface area (Å²) in [6.45, 7) is 4.21. The normalized spacial score (nSPS) is 10.5. The number of hydrogen-bond donors (Lipinski definition) is 0. The summed E-state index contributed by atoms with van der Waals surface area (Å²) in [5.41, 5.74) is 2.76. The predicted octanol–water partition coefficient (Wildman–Crippen LogP) is 3.93. The molecule has 0 aliphatic carbocycles. The minimum atomic E-state index is -0.129. The molecule has 0 aliphatic rings. The Bertz CT molecular complexity index is 1060. The quantitative estimate of drug-likeness (QED) is 0.513. The first-order chi connectivity index (χ1) is 14.5. The van der Waals surface area contributed by atoms with Crippen LogP contribution in [-0.2, 0) is 4.79 Å². The summed E-state index contributed by atoms with van der Waals surface area (Å²) >= 11 is 1.32. The fourth-order valence-corrected chi connectivity index (χ4v) is 3.90. The molecule has 7 nitrogen and oxygen atoms in total. The molecule has 1 aromatic heterocycles. The number of carbonyl (C=O) groups excluding carboxylic acids is 1. The van der Waals surface area contributed by atoms with Gasteiger partial charge in [0.1, 0.15) is 11.6 Å². The number of amides is 1. The second-order valence-electron chi connectivity index (χ2n) is 6.61. The first kappa shape index (κ1) is 21.4. The topological polar surface area (TPSA) is 84.0 Å². The van der Waals surface area contributed by atoms with E-state index in [9.17, 15) is 4.79 Å². The van der Waals surface area contributed by atoms with Crippen LogP contribution in [0.1, 0.15) is 17.8 Å². The molecule has 0 fully saturated rings. The molecule has 0 N–H and O–H groups in total. The van der Waals surface area contributed by atoms with Crippen molar-refractivity contribution in [3.05, 3.63) is 59.9 Å². The summed E-state index contributed by atoms with van der Waals surface area (Å²) in [4.78, 5) is 14.7. The Balaban J connectivity index is 1.81. The van der Waals surface area contributed by atoms with Crippen molar-refractivity contribution in [2.75, 3.05) is 24.3 Å². The second kappa shape index (κ2) is 9.94. The molecule has 1 amide bonds. The van der Waals surface area contributed by atoms with Gasteiger partial charge in [-0.2, -0.15) is 5.26 Å². The first-order valence-corrected chi connectivity index (χ1v) is 10.5. The number of ether oxygens (including phenoxy) is 1. The number of nitriles is 1. The number of hydrogen-bond acceptors (Lipinski definition) is 6. The van der Waals surface area contributed by atoms with Crippen LogP contribution < -0.4 is 9.64 Å². The van der Waals surface area contributed by atoms with Gasteiger partial charge in [-0.25, -0.2) is 0 Å². The van der Waals surface area contributed by atoms with Gasteiger partial charge in [-0.05, 0) is 38.1 Å². The van der Waals surface area contributed by atoms with E-state index in [1.807, 2.05) is 60.9 Å². The summed E-state index contributed by atoms with van der Waals surface area (Å²) in [6.07, 6.45) is 0.229. The van der Waals surface area contributed by atoms with E-state index in [2.05, 4.69) is 16.3 Å². The number of rotatable bonds is 8. The van der Waals surface area contributed by atoms with Crippen molar-refractivity contribution in [2.24, 2.45) is 0 Å². The molecule has 1 heterocycles. The zero-order chi connectivity index (χ0) is 21.5. The van der Waals surface area contributed by atoms with E-state index in [0.717, 1.165) is 11.5 Å². The van der Waals surface area contributed by atoms with E-state index in [-0.39, 0.29) is 18.1 Å². The highest BCUT2D eigenvalue weighted by atomic mass is 32.2. The molecule has 0 bridgehead atoms. The van der Waals surface area contributed by atoms with Crippen molar-refractivity contribution in [1.29, 1.82) is 5.26 Å². The molecule has 0 atom stereocenters. The summed E-state index contributed by atoms with van der Waals surface area (Å²) < 4.78 is 7.33. The van der Waals surface area contributed by atoms with Crippen LogP contribution in [-0.4, -0.2) is 40.1 Å². The third-order valence-electron chi connectivity index (χ3n) is 4.54. The Morgan fingerprint density at radius 2 is 1.90 bits per heavy atom. The van der Waals surface area contributed by atoms with Crippen LogP contribution in [0.15, 0.2) is 53.7 Å². The summed E-state index contributed by atoms with van der Waals surface area (Å²) in [6, 6.07) is 17.5. The lowest BCUT2D eigenvalue weighted by Crippen LogP contribution is -2.33. The van der Waals surface area contributed by atoms with Gasteiger partial charge in [0.15, 0.2) is 5.16 Å². The average Bonchev–Trinajstić information content (AvgIpc) is 3.13. The van der Waals surface area contributed by atoms with Crippen molar-refractivity contribution < 1.29 is 9.53 Å². The van der Waals surface area contributed by atoms with Gasteiger partial charge in [0, 0.05) is 12.2 Å². The van der Waals surface area contributed by atoms with Crippen molar-refractivity contribution in [3.63, 3.8) is 0 Å². The van der Waals surface area contributed by atoms with E-state index in [1.54, 1.807) is 18.1 Å². The van der Waals surface area contributed by atoms with Gasteiger partial charge in [0.25, 0.3) is 0 Å². The highest BCUT2D eigenvalue weighted by Crippen LogP contribution is 2.29. The van der Waals surface area contributed by atoms with Crippen molar-refractivity contribution >= 4 is 23.4 Å². The molecule has 154 valence electrons. The summed E-state index contributed by atoms with van der Waals surface area (Å²) in [5, 5.41) is 18.1. The molecule has 0 saturated heterocycles. The van der Waals surface area contributed by atoms with Gasteiger partial charge >= 0.3 is 0 Å². The van der Waals surface area contributed by atoms with Gasteiger partial charge in [0.2, 0.25) is 5.91 Å². The molecule has 0 saturated carbocycles. The van der Waals surface area contributed by atoms with E-state index in [0.29, 0.717) is 23.1 Å². The number of aryl methyl sites for hydroxylation is 2. The van der Waals surface area contributed by atoms with E-state index in [4.69, 9.17) is 10.00 Å². The van der Waals surface area contributed by atoms with Crippen molar-refractivity contribution in [1.82, 2.24) is 14.8 Å². The smallest absolute Gasteiger partial charge is 0.237 e. The fraction of sp³-hybridized carbons (Fsp3) is 0.273. The van der Waals surface area contributed by atoms with Crippen LogP contribution in [0.3, 0.4) is 0 Å². The third kappa shape index (κ3) is 4.81. The van der Waals surface area contributed by atoms with Gasteiger partial charge in [0.05, 0.1) is 31.0 Å². The maximum Gasteiger partial charge on any atom is 0.237 e. The number of benzene rings is 2. The number of methoxy groups -OCH3 is 1. The molecule has 3 aromatic rings. The minimum absolute atomic E-state index is 0.129. The standard InChI is InChI=1S/C22H23N5O2S/c1-16-9-11-18(12-10-16)27-17(2)24-25-22(27)30-15-21(28)26(14-6-13-23)19-7-4-5-8-20(19)29-3/h4-5,7-12H,6,14-15H2,1-3H3. The molecule has 0 unspecified atom stereocenters. The van der Waals surface area contributed by atoms with Crippen LogP contribution in [0, 0.1) is 25.2 Å². The largest absolute Gasteiger partial charge is 0.495 e. The fourth-order valence-electron chi connectivity index (χ4n) is 3.03. The number of thioether (sulfide) groups is 1. The third-order valence-corrected chi connectivity index (χ3v) is 5.45. The van der Waals surface area contributed by atoms with Crippen molar-refractivity contribution in [2.45, 2.75) is 25.4 Å². The van der Waals surface area contributed by atoms with Crippen LogP contribution in [0.25, 0.3) is 5.69 Å². The number of para-hydroxylation sites is 2. The predicted molar refractivity (Wildman–Crippen MR) is 117 cm³/mol. The average molecular weight is 422 g/mol. The highest BCUT2D eigenvalue weighted by molar-refractivity contribution is 7.99. The number of carbonyl (C=O) groups is 1. The zero-order valence-corrected chi connectivity index (χ0v) is 18.0. The number of anilines is 1. The molecule has 30 heavy (non-hydrogen) atoms. The maximum absolute atomic E-state index is 13.1. The second-order valence-corrected chi connectivity index (χ2v) is 7.56. The molecule has 2 aromatic carbocycles. The molecule has 8 heteroatoms. The Morgan fingerprint density at radius 3 is 2.60 bits per heavy atom. The lowest BCUT2D eigenvalue weighted by atomic mass is 10.2. The SMILES string of the molecule is COc1ccccc1N(CCC#N)C(=O)CSc1nnc(C)n1-c1ccc(C)cc1. The monoisotopic (exact) mass is 421 g/mol. The highest BCUT2D eigenvalue weighted by Gasteiger charge is 2.21. The lowest BCUT2D eigenvalue weighted by molar-refractivity contribution is -0.116. The molecular formula is C22H23N5O2S. The van der Waals surface area contributed by atoms with Crippen LogP contribution >= 0.6 is 11.8 Å². The Hall–Kier alpha value is -3.31. The molecular weight excluding hydrogens is 398 g/mol. The zero-order valence-electron chi connectivity index (χ0n) is 17.2. The lowest BCUT2D eigenvalue weighted by Gasteiger charge is -2.23. The minimum Gasteiger partial charge on any atom is -0.495 e. The molecule has 0 spiro atoms. The van der Waals surface area contributed by atoms with Gasteiger partial charge < -0.3 is 9.64 Å². The number of nitrogens with zero attached hydrogens (tertiary/aromatic N) is 5. The van der Waals surface area contributed by atoms with Crippen LogP contribution in [0.4, 0.5) is 5.69 Å². The maximum atomic E-state index is 13.1. The van der Waals surface area contributed by atoms with E-state index >= 15 is 0 Å². The first-order valence-electron chi connectivity index (χ1n) is 9.47. The number of aromatic nitrogens is 3. The van der Waals surface area contributed by atoms with Crippen LogP contribution in [0.2, 0.25) is 0 Å². The van der Waals surface area contributed by atoms with Crippen molar-refractivity contribution in [3.8, 4) is 17.5 Å². The van der Waals surface area contributed by atoms with E-state index in [1.165, 1.54) is 17.3 Å². The Morgan fingerprint density at radius 1 is 1.17 bits per heavy atom. The molecule has 0 aliphatic heterocycles. The van der Waals surface area contributed by atoms with Gasteiger partial charge in [-0.3, -0.25) is 9.36 Å².